The molecule has 2 saturated heterocycles. The number of rotatable bonds is 6. The third-order valence-electron chi connectivity index (χ3n) is 5.13. The zero-order valence-electron chi connectivity index (χ0n) is 11.3. The van der Waals surface area contributed by atoms with Crippen LogP contribution in [0.5, 0.6) is 0 Å². The first-order chi connectivity index (χ1) is 9.50. The van der Waals surface area contributed by atoms with E-state index in [1.54, 1.807) is 0 Å². The van der Waals surface area contributed by atoms with Crippen molar-refractivity contribution in [1.82, 2.24) is 0 Å². The fourth-order valence-electron chi connectivity index (χ4n) is 3.97. The Balaban J connectivity index is 1.99. The highest BCUT2D eigenvalue weighted by atomic mass is 16.6. The molecule has 3 aliphatic rings. The molecule has 0 spiro atoms. The number of epoxide rings is 2. The van der Waals surface area contributed by atoms with Gasteiger partial charge in [0.25, 0.3) is 0 Å². The molecule has 0 aromatic rings. The molecular formula is C14H20O6. The van der Waals surface area contributed by atoms with Gasteiger partial charge in [0.1, 0.15) is 0 Å². The maximum absolute atomic E-state index is 11.9. The zero-order valence-corrected chi connectivity index (χ0v) is 11.3. The smallest absolute Gasteiger partial charge is 0.321 e. The van der Waals surface area contributed by atoms with Gasteiger partial charge in [-0.15, -0.1) is 0 Å². The van der Waals surface area contributed by atoms with Crippen LogP contribution in [-0.4, -0.2) is 47.6 Å². The summed E-state index contributed by atoms with van der Waals surface area (Å²) in [6.07, 6.45) is 3.44. The van der Waals surface area contributed by atoms with Gasteiger partial charge in [0.05, 0.1) is 25.4 Å². The van der Waals surface area contributed by atoms with Crippen LogP contribution in [0.25, 0.3) is 0 Å². The Morgan fingerprint density at radius 3 is 1.80 bits per heavy atom. The molecule has 3 fully saturated rings. The minimum Gasteiger partial charge on any atom is -0.480 e. The van der Waals surface area contributed by atoms with Crippen LogP contribution in [0.3, 0.4) is 0 Å². The fourth-order valence-corrected chi connectivity index (χ4v) is 3.97. The molecule has 0 radical (unpaired) electrons. The summed E-state index contributed by atoms with van der Waals surface area (Å²) >= 11 is 0. The first kappa shape index (κ1) is 13.8. The summed E-state index contributed by atoms with van der Waals surface area (Å²) < 4.78 is 10.5. The van der Waals surface area contributed by atoms with Crippen LogP contribution in [0.4, 0.5) is 0 Å². The van der Waals surface area contributed by atoms with Crippen molar-refractivity contribution in [3.63, 3.8) is 0 Å². The van der Waals surface area contributed by atoms with E-state index in [1.165, 1.54) is 0 Å². The summed E-state index contributed by atoms with van der Waals surface area (Å²) in [4.78, 5) is 23.7. The number of carboxylic acid groups (broad SMARTS) is 2. The second-order valence-corrected chi connectivity index (χ2v) is 6.32. The standard InChI is InChI=1S/C14H20O6/c15-11(16)14(12(17)18)4-2-1-3-13(14,5-9-7-19-9)6-10-8-20-10/h9-10H,1-8H2,(H,15,16)(H,17,18). The Morgan fingerprint density at radius 2 is 1.40 bits per heavy atom. The Bertz CT molecular complexity index is 395. The predicted octanol–water partition coefficient (Wildman–Crippen LogP) is 1.28. The lowest BCUT2D eigenvalue weighted by Gasteiger charge is -2.48. The van der Waals surface area contributed by atoms with E-state index in [1.807, 2.05) is 0 Å². The van der Waals surface area contributed by atoms with Gasteiger partial charge in [0, 0.05) is 5.41 Å². The Morgan fingerprint density at radius 1 is 0.950 bits per heavy atom. The number of carboxylic acids is 2. The summed E-state index contributed by atoms with van der Waals surface area (Å²) in [5.41, 5.74) is -2.44. The average molecular weight is 284 g/mol. The predicted molar refractivity (Wildman–Crippen MR) is 67.3 cm³/mol. The third kappa shape index (κ3) is 2.11. The summed E-state index contributed by atoms with van der Waals surface area (Å²) in [6.45, 7) is 1.23. The van der Waals surface area contributed by atoms with Crippen LogP contribution >= 0.6 is 0 Å². The van der Waals surface area contributed by atoms with E-state index in [4.69, 9.17) is 9.47 Å². The van der Waals surface area contributed by atoms with E-state index < -0.39 is 22.8 Å². The molecule has 0 aromatic heterocycles. The van der Waals surface area contributed by atoms with Crippen molar-refractivity contribution in [2.45, 2.75) is 50.7 Å². The fraction of sp³-hybridized carbons (Fsp3) is 0.857. The van der Waals surface area contributed by atoms with Crippen molar-refractivity contribution in [2.75, 3.05) is 13.2 Å². The third-order valence-corrected chi connectivity index (χ3v) is 5.13. The van der Waals surface area contributed by atoms with Crippen molar-refractivity contribution < 1.29 is 29.3 Å². The number of ether oxygens (including phenoxy) is 2. The van der Waals surface area contributed by atoms with Crippen molar-refractivity contribution in [3.05, 3.63) is 0 Å². The van der Waals surface area contributed by atoms with Crippen LogP contribution in [0.2, 0.25) is 0 Å². The molecule has 2 heterocycles. The maximum atomic E-state index is 11.9. The molecule has 6 heteroatoms. The van der Waals surface area contributed by atoms with Gasteiger partial charge in [0.2, 0.25) is 0 Å². The Kier molecular flexibility index (Phi) is 3.25. The Hall–Kier alpha value is -1.14. The molecule has 3 rings (SSSR count). The molecule has 6 nitrogen and oxygen atoms in total. The van der Waals surface area contributed by atoms with E-state index in [0.717, 1.165) is 6.42 Å². The van der Waals surface area contributed by atoms with E-state index in [9.17, 15) is 19.8 Å². The second kappa shape index (κ2) is 4.70. The summed E-state index contributed by atoms with van der Waals surface area (Å²) in [6, 6.07) is 0. The monoisotopic (exact) mass is 284 g/mol. The first-order valence-electron chi connectivity index (χ1n) is 7.20. The minimum absolute atomic E-state index is 0.0184. The second-order valence-electron chi connectivity index (χ2n) is 6.32. The molecule has 0 bridgehead atoms. The lowest BCUT2D eigenvalue weighted by molar-refractivity contribution is -0.183. The molecule has 2 aliphatic heterocycles. The summed E-state index contributed by atoms with van der Waals surface area (Å²) in [7, 11) is 0. The first-order valence-corrected chi connectivity index (χ1v) is 7.20. The van der Waals surface area contributed by atoms with Gasteiger partial charge in [0.15, 0.2) is 5.41 Å². The van der Waals surface area contributed by atoms with E-state index in [2.05, 4.69) is 0 Å². The van der Waals surface area contributed by atoms with Gasteiger partial charge in [-0.25, -0.2) is 0 Å². The number of carbonyl (C=O) groups is 2. The normalized spacial score (nSPS) is 38.2. The van der Waals surface area contributed by atoms with Crippen molar-refractivity contribution in [1.29, 1.82) is 0 Å². The molecule has 112 valence electrons. The van der Waals surface area contributed by atoms with Gasteiger partial charge in [-0.05, 0) is 25.7 Å². The molecule has 20 heavy (non-hydrogen) atoms. The minimum atomic E-state index is -1.69. The summed E-state index contributed by atoms with van der Waals surface area (Å²) in [5.74, 6) is -2.41. The zero-order chi connectivity index (χ0) is 14.4. The number of hydrogen-bond donors (Lipinski definition) is 2. The van der Waals surface area contributed by atoms with E-state index in [-0.39, 0.29) is 18.6 Å². The van der Waals surface area contributed by atoms with E-state index >= 15 is 0 Å². The molecule has 0 amide bonds. The van der Waals surface area contributed by atoms with Crippen molar-refractivity contribution >= 4 is 11.9 Å². The Labute approximate surface area is 117 Å². The van der Waals surface area contributed by atoms with Crippen molar-refractivity contribution in [3.8, 4) is 0 Å². The molecule has 1 saturated carbocycles. The van der Waals surface area contributed by atoms with E-state index in [0.29, 0.717) is 38.9 Å². The molecule has 2 atom stereocenters. The largest absolute Gasteiger partial charge is 0.480 e. The average Bonchev–Trinajstić information content (AvgIpc) is 3.26. The quantitative estimate of drug-likeness (QED) is 0.563. The topological polar surface area (TPSA) is 99.7 Å². The highest BCUT2D eigenvalue weighted by molar-refractivity contribution is 5.99. The van der Waals surface area contributed by atoms with Crippen LogP contribution in [0, 0.1) is 10.8 Å². The molecule has 1 aliphatic carbocycles. The molecule has 2 unspecified atom stereocenters. The van der Waals surface area contributed by atoms with Gasteiger partial charge in [-0.3, -0.25) is 9.59 Å². The highest BCUT2D eigenvalue weighted by Gasteiger charge is 2.65. The number of aliphatic carboxylic acids is 2. The van der Waals surface area contributed by atoms with Crippen molar-refractivity contribution in [2.24, 2.45) is 10.8 Å². The van der Waals surface area contributed by atoms with Gasteiger partial charge < -0.3 is 19.7 Å². The molecule has 2 N–H and O–H groups in total. The highest BCUT2D eigenvalue weighted by Crippen LogP contribution is 2.58. The van der Waals surface area contributed by atoms with Gasteiger partial charge in [-0.2, -0.15) is 0 Å². The maximum Gasteiger partial charge on any atom is 0.321 e. The van der Waals surface area contributed by atoms with Crippen LogP contribution in [-0.2, 0) is 19.1 Å². The SMILES string of the molecule is O=C(O)C1(C(=O)O)CCCCC1(CC1CO1)CC1CO1. The molecular weight excluding hydrogens is 264 g/mol. The lowest BCUT2D eigenvalue weighted by atomic mass is 9.52. The van der Waals surface area contributed by atoms with Crippen LogP contribution in [0.15, 0.2) is 0 Å². The molecule has 0 aromatic carbocycles. The summed E-state index contributed by atoms with van der Waals surface area (Å²) in [5, 5.41) is 19.4. The van der Waals surface area contributed by atoms with Crippen LogP contribution < -0.4 is 0 Å². The van der Waals surface area contributed by atoms with Crippen LogP contribution in [0.1, 0.15) is 38.5 Å². The lowest BCUT2D eigenvalue weighted by Crippen LogP contribution is -2.56. The van der Waals surface area contributed by atoms with Gasteiger partial charge in [-0.1, -0.05) is 12.8 Å². The van der Waals surface area contributed by atoms with Gasteiger partial charge >= 0.3 is 11.9 Å². The number of hydrogen-bond acceptors (Lipinski definition) is 4.